The number of phenols is 1. The molecule has 1 aliphatic rings. The molecule has 1 fully saturated rings. The quantitative estimate of drug-likeness (QED) is 0.771. The number of ether oxygens (including phenoxy) is 2. The first-order valence-electron chi connectivity index (χ1n) is 9.02. The van der Waals surface area contributed by atoms with Crippen molar-refractivity contribution in [2.24, 2.45) is 0 Å². The van der Waals surface area contributed by atoms with Crippen LogP contribution in [0.25, 0.3) is 11.0 Å². The molecule has 1 aromatic heterocycles. The van der Waals surface area contributed by atoms with Gasteiger partial charge in [-0.15, -0.1) is 0 Å². The van der Waals surface area contributed by atoms with Gasteiger partial charge in [0.05, 0.1) is 19.3 Å². The Balaban J connectivity index is 1.45. The van der Waals surface area contributed by atoms with E-state index >= 15 is 0 Å². The van der Waals surface area contributed by atoms with Crippen LogP contribution in [0.3, 0.4) is 0 Å². The maximum Gasteiger partial charge on any atom is 0.409 e. The first kappa shape index (κ1) is 19.5. The Labute approximate surface area is 161 Å². The lowest BCUT2D eigenvalue weighted by Crippen LogP contribution is -2.51. The summed E-state index contributed by atoms with van der Waals surface area (Å²) in [6.45, 7) is 3.19. The van der Waals surface area contributed by atoms with Gasteiger partial charge in [-0.2, -0.15) is 0 Å². The first-order chi connectivity index (χ1) is 13.5. The number of esters is 1. The zero-order valence-electron chi connectivity index (χ0n) is 15.6. The highest BCUT2D eigenvalue weighted by molar-refractivity contribution is 5.87. The van der Waals surface area contributed by atoms with Crippen LogP contribution in [-0.4, -0.2) is 72.3 Å². The Morgan fingerprint density at radius 2 is 1.82 bits per heavy atom. The van der Waals surface area contributed by atoms with E-state index in [2.05, 4.69) is 0 Å². The SMILES string of the molecule is CCOC(=O)N1CCN(C(=O)COC(=O)Cc2coc3cc(O)ccc23)CC1. The number of amides is 2. The van der Waals surface area contributed by atoms with E-state index in [0.29, 0.717) is 49.3 Å². The van der Waals surface area contributed by atoms with Crippen LogP contribution in [-0.2, 0) is 25.5 Å². The van der Waals surface area contributed by atoms with E-state index in [1.807, 2.05) is 0 Å². The second kappa shape index (κ2) is 8.64. The molecule has 28 heavy (non-hydrogen) atoms. The van der Waals surface area contributed by atoms with Gasteiger partial charge in [0.25, 0.3) is 5.91 Å². The fourth-order valence-electron chi connectivity index (χ4n) is 3.00. The number of fused-ring (bicyclic) bond motifs is 1. The lowest BCUT2D eigenvalue weighted by atomic mass is 10.1. The molecule has 1 aliphatic heterocycles. The van der Waals surface area contributed by atoms with Gasteiger partial charge in [-0.3, -0.25) is 9.59 Å². The molecule has 0 radical (unpaired) electrons. The van der Waals surface area contributed by atoms with E-state index < -0.39 is 5.97 Å². The van der Waals surface area contributed by atoms with Gasteiger partial charge in [-0.25, -0.2) is 4.79 Å². The molecule has 9 heteroatoms. The van der Waals surface area contributed by atoms with Crippen molar-refractivity contribution < 1.29 is 33.4 Å². The van der Waals surface area contributed by atoms with Gasteiger partial charge < -0.3 is 28.8 Å². The first-order valence-corrected chi connectivity index (χ1v) is 9.02. The molecule has 0 spiro atoms. The minimum absolute atomic E-state index is 0.0400. The van der Waals surface area contributed by atoms with Crippen LogP contribution in [0.2, 0.25) is 0 Å². The fraction of sp³-hybridized carbons (Fsp3) is 0.421. The molecule has 0 bridgehead atoms. The summed E-state index contributed by atoms with van der Waals surface area (Å²) >= 11 is 0. The normalized spacial score (nSPS) is 14.2. The predicted octanol–water partition coefficient (Wildman–Crippen LogP) is 1.52. The molecular formula is C19H22N2O7. The number of rotatable bonds is 5. The number of carbonyl (C=O) groups excluding carboxylic acids is 3. The predicted molar refractivity (Wildman–Crippen MR) is 97.7 cm³/mol. The molecule has 2 amide bonds. The minimum Gasteiger partial charge on any atom is -0.508 e. The van der Waals surface area contributed by atoms with Gasteiger partial charge in [0.15, 0.2) is 6.61 Å². The topological polar surface area (TPSA) is 110 Å². The van der Waals surface area contributed by atoms with E-state index in [4.69, 9.17) is 13.9 Å². The molecule has 1 aromatic carbocycles. The number of nitrogens with zero attached hydrogens (tertiary/aromatic N) is 2. The standard InChI is InChI=1S/C19H22N2O7/c1-2-26-19(25)21-7-5-20(6-8-21)17(23)12-28-18(24)9-13-11-27-16-10-14(22)3-4-15(13)16/h3-4,10-11,22H,2,5-9,12H2,1H3. The summed E-state index contributed by atoms with van der Waals surface area (Å²) in [5, 5.41) is 10.1. The van der Waals surface area contributed by atoms with Crippen LogP contribution in [0.4, 0.5) is 4.79 Å². The van der Waals surface area contributed by atoms with Crippen LogP contribution in [0, 0.1) is 0 Å². The Morgan fingerprint density at radius 3 is 2.54 bits per heavy atom. The van der Waals surface area contributed by atoms with Crippen molar-refractivity contribution in [3.8, 4) is 5.75 Å². The maximum absolute atomic E-state index is 12.2. The summed E-state index contributed by atoms with van der Waals surface area (Å²) in [7, 11) is 0. The largest absolute Gasteiger partial charge is 0.508 e. The molecule has 3 rings (SSSR count). The Kier molecular flexibility index (Phi) is 6.03. The van der Waals surface area contributed by atoms with E-state index in [9.17, 15) is 19.5 Å². The highest BCUT2D eigenvalue weighted by Crippen LogP contribution is 2.25. The van der Waals surface area contributed by atoms with Crippen molar-refractivity contribution in [2.75, 3.05) is 39.4 Å². The van der Waals surface area contributed by atoms with E-state index in [1.54, 1.807) is 22.8 Å². The third-order valence-corrected chi connectivity index (χ3v) is 4.49. The van der Waals surface area contributed by atoms with Crippen molar-refractivity contribution in [3.05, 3.63) is 30.0 Å². The highest BCUT2D eigenvalue weighted by Gasteiger charge is 2.25. The molecule has 1 N–H and O–H groups in total. The molecule has 150 valence electrons. The van der Waals surface area contributed by atoms with Crippen LogP contribution < -0.4 is 0 Å². The summed E-state index contributed by atoms with van der Waals surface area (Å²) in [6, 6.07) is 4.63. The second-order valence-corrected chi connectivity index (χ2v) is 6.35. The third kappa shape index (κ3) is 4.54. The van der Waals surface area contributed by atoms with E-state index in [0.717, 1.165) is 0 Å². The molecule has 9 nitrogen and oxygen atoms in total. The molecule has 2 aromatic rings. The van der Waals surface area contributed by atoms with Crippen molar-refractivity contribution in [1.82, 2.24) is 9.80 Å². The number of aromatic hydroxyl groups is 1. The van der Waals surface area contributed by atoms with Gasteiger partial charge in [-0.05, 0) is 19.1 Å². The molecule has 0 aliphatic carbocycles. The summed E-state index contributed by atoms with van der Waals surface area (Å²) in [5.41, 5.74) is 1.09. The summed E-state index contributed by atoms with van der Waals surface area (Å²) in [6.07, 6.45) is 1.01. The molecule has 1 saturated heterocycles. The number of phenolic OH excluding ortho intramolecular Hbond substituents is 1. The molecule has 0 unspecified atom stereocenters. The molecule has 0 atom stereocenters. The number of hydrogen-bond donors (Lipinski definition) is 1. The number of furan rings is 1. The van der Waals surface area contributed by atoms with Gasteiger partial charge in [0.1, 0.15) is 11.3 Å². The Bertz CT molecular complexity index is 868. The zero-order chi connectivity index (χ0) is 20.1. The lowest BCUT2D eigenvalue weighted by molar-refractivity contribution is -0.152. The second-order valence-electron chi connectivity index (χ2n) is 6.35. The molecule has 2 heterocycles. The zero-order valence-corrected chi connectivity index (χ0v) is 15.6. The number of piperazine rings is 1. The van der Waals surface area contributed by atoms with E-state index in [-0.39, 0.29) is 30.8 Å². The molecule has 0 saturated carbocycles. The van der Waals surface area contributed by atoms with Crippen molar-refractivity contribution >= 4 is 28.9 Å². The van der Waals surface area contributed by atoms with Crippen LogP contribution >= 0.6 is 0 Å². The maximum atomic E-state index is 12.2. The van der Waals surface area contributed by atoms with Crippen molar-refractivity contribution in [1.29, 1.82) is 0 Å². The Morgan fingerprint density at radius 1 is 1.11 bits per heavy atom. The number of hydrogen-bond acceptors (Lipinski definition) is 7. The van der Waals surface area contributed by atoms with Crippen LogP contribution in [0.1, 0.15) is 12.5 Å². The average molecular weight is 390 g/mol. The highest BCUT2D eigenvalue weighted by atomic mass is 16.6. The van der Waals surface area contributed by atoms with Crippen molar-refractivity contribution in [2.45, 2.75) is 13.3 Å². The average Bonchev–Trinajstić information content (AvgIpc) is 3.08. The van der Waals surface area contributed by atoms with Crippen LogP contribution in [0.15, 0.2) is 28.9 Å². The number of carbonyl (C=O) groups is 3. The van der Waals surface area contributed by atoms with E-state index in [1.165, 1.54) is 18.4 Å². The van der Waals surface area contributed by atoms with Crippen molar-refractivity contribution in [3.63, 3.8) is 0 Å². The monoisotopic (exact) mass is 390 g/mol. The summed E-state index contributed by atoms with van der Waals surface area (Å²) < 4.78 is 15.3. The fourth-order valence-corrected chi connectivity index (χ4v) is 3.00. The lowest BCUT2D eigenvalue weighted by Gasteiger charge is -2.33. The van der Waals surface area contributed by atoms with Gasteiger partial charge in [-0.1, -0.05) is 0 Å². The minimum atomic E-state index is -0.547. The Hall–Kier alpha value is -3.23. The van der Waals surface area contributed by atoms with Gasteiger partial charge in [0, 0.05) is 43.2 Å². The molecular weight excluding hydrogens is 368 g/mol. The van der Waals surface area contributed by atoms with Gasteiger partial charge in [0.2, 0.25) is 0 Å². The third-order valence-electron chi connectivity index (χ3n) is 4.49. The number of benzene rings is 1. The van der Waals surface area contributed by atoms with Crippen LogP contribution in [0.5, 0.6) is 5.75 Å². The van der Waals surface area contributed by atoms with Gasteiger partial charge >= 0.3 is 12.1 Å². The summed E-state index contributed by atoms with van der Waals surface area (Å²) in [4.78, 5) is 39.1. The smallest absolute Gasteiger partial charge is 0.409 e. The summed E-state index contributed by atoms with van der Waals surface area (Å²) in [5.74, 6) is -0.780.